The summed E-state index contributed by atoms with van der Waals surface area (Å²) in [5.41, 5.74) is 1.04. The quantitative estimate of drug-likeness (QED) is 0.172. The summed E-state index contributed by atoms with van der Waals surface area (Å²) in [6, 6.07) is 12.8. The Morgan fingerprint density at radius 2 is 1.68 bits per heavy atom. The largest absolute Gasteiger partial charge is 0.480 e. The van der Waals surface area contributed by atoms with E-state index in [4.69, 9.17) is 9.47 Å². The van der Waals surface area contributed by atoms with Crippen LogP contribution in [0.25, 0.3) is 10.4 Å². The van der Waals surface area contributed by atoms with E-state index in [9.17, 15) is 23.3 Å². The lowest BCUT2D eigenvalue weighted by Crippen LogP contribution is -2.33. The second-order valence-corrected chi connectivity index (χ2v) is 10.8. The van der Waals surface area contributed by atoms with Gasteiger partial charge in [0.25, 0.3) is 5.91 Å². The predicted molar refractivity (Wildman–Crippen MR) is 163 cm³/mol. The standard InChI is InChI=1S/C30H30F2N6O5S/c1-5-15-43-30(40)38(17-20-22(31)7-6-8-23(20)32)29-26(28(39)33-24-13-14-25(42-4)35-34-24)21(16-37(2)3)27(44-29)18-9-11-19(36-41)12-10-18/h6-14H,5,15-17H2,1-4H3,(H,33,34,39). The number of methoxy groups -OCH3 is 1. The average Bonchev–Trinajstić information content (AvgIpc) is 3.38. The molecular formula is C30H30F2N6O5S. The number of amides is 2. The molecule has 2 heterocycles. The lowest BCUT2D eigenvalue weighted by atomic mass is 10.0. The van der Waals surface area contributed by atoms with Crippen LogP contribution in [0.5, 0.6) is 5.88 Å². The van der Waals surface area contributed by atoms with Gasteiger partial charge in [-0.2, -0.15) is 0 Å². The lowest BCUT2D eigenvalue weighted by molar-refractivity contribution is 0.102. The number of carbonyl (C=O) groups is 2. The first kappa shape index (κ1) is 32.1. The molecule has 4 rings (SSSR count). The van der Waals surface area contributed by atoms with Gasteiger partial charge in [0.15, 0.2) is 5.82 Å². The predicted octanol–water partition coefficient (Wildman–Crippen LogP) is 6.76. The minimum atomic E-state index is -0.891. The smallest absolute Gasteiger partial charge is 0.415 e. The first-order valence-corrected chi connectivity index (χ1v) is 14.3. The van der Waals surface area contributed by atoms with Crippen molar-refractivity contribution in [3.63, 3.8) is 0 Å². The number of anilines is 2. The van der Waals surface area contributed by atoms with Crippen LogP contribution in [-0.4, -0.2) is 54.9 Å². The zero-order chi connectivity index (χ0) is 31.8. The molecule has 0 atom stereocenters. The van der Waals surface area contributed by atoms with Crippen LogP contribution in [-0.2, 0) is 17.8 Å². The highest BCUT2D eigenvalue weighted by Gasteiger charge is 2.33. The third-order valence-electron chi connectivity index (χ3n) is 6.29. The maximum atomic E-state index is 14.9. The van der Waals surface area contributed by atoms with Gasteiger partial charge in [0.2, 0.25) is 5.88 Å². The van der Waals surface area contributed by atoms with Crippen molar-refractivity contribution in [1.82, 2.24) is 15.1 Å². The molecule has 2 amide bonds. The summed E-state index contributed by atoms with van der Waals surface area (Å²) in [6.07, 6.45) is -0.395. The molecule has 0 radical (unpaired) electrons. The molecule has 230 valence electrons. The van der Waals surface area contributed by atoms with Crippen LogP contribution < -0.4 is 15.0 Å². The molecule has 2 aromatic carbocycles. The second kappa shape index (κ2) is 14.6. The number of hydrogen-bond acceptors (Lipinski definition) is 10. The van der Waals surface area contributed by atoms with E-state index in [-0.39, 0.29) is 46.7 Å². The van der Waals surface area contributed by atoms with Crippen molar-refractivity contribution >= 4 is 39.8 Å². The van der Waals surface area contributed by atoms with Crippen molar-refractivity contribution in [3.8, 4) is 16.3 Å². The maximum absolute atomic E-state index is 14.9. The number of carbonyl (C=O) groups excluding carboxylic acids is 2. The number of halogens is 2. The van der Waals surface area contributed by atoms with Gasteiger partial charge in [0, 0.05) is 23.1 Å². The van der Waals surface area contributed by atoms with Crippen LogP contribution >= 0.6 is 11.3 Å². The van der Waals surface area contributed by atoms with Crippen molar-refractivity contribution in [2.45, 2.75) is 26.4 Å². The molecule has 0 aliphatic rings. The summed E-state index contributed by atoms with van der Waals surface area (Å²) < 4.78 is 40.2. The van der Waals surface area contributed by atoms with E-state index in [1.807, 2.05) is 4.90 Å². The number of thiophene rings is 1. The van der Waals surface area contributed by atoms with Gasteiger partial charge in [0.1, 0.15) is 22.3 Å². The third kappa shape index (κ3) is 7.38. The van der Waals surface area contributed by atoms with E-state index in [1.165, 1.54) is 37.4 Å². The Morgan fingerprint density at radius 3 is 2.25 bits per heavy atom. The van der Waals surface area contributed by atoms with E-state index < -0.39 is 30.2 Å². The van der Waals surface area contributed by atoms with Crippen LogP contribution in [0.3, 0.4) is 0 Å². The molecule has 14 heteroatoms. The number of hydrogen-bond donors (Lipinski definition) is 1. The van der Waals surface area contributed by atoms with Crippen molar-refractivity contribution in [2.24, 2.45) is 5.18 Å². The molecule has 0 unspecified atom stereocenters. The maximum Gasteiger partial charge on any atom is 0.415 e. The van der Waals surface area contributed by atoms with Crippen LogP contribution in [0.1, 0.15) is 34.8 Å². The number of nitroso groups, excluding NO2 is 1. The summed E-state index contributed by atoms with van der Waals surface area (Å²) in [6.45, 7) is 1.53. The van der Waals surface area contributed by atoms with Crippen LogP contribution in [0, 0.1) is 16.5 Å². The van der Waals surface area contributed by atoms with Gasteiger partial charge in [-0.25, -0.2) is 13.6 Å². The number of nitrogens with zero attached hydrogens (tertiary/aromatic N) is 5. The Balaban J connectivity index is 1.95. The first-order chi connectivity index (χ1) is 21.2. The van der Waals surface area contributed by atoms with Crippen molar-refractivity contribution in [1.29, 1.82) is 0 Å². The Bertz CT molecular complexity index is 1610. The first-order valence-electron chi connectivity index (χ1n) is 13.5. The molecule has 0 spiro atoms. The molecule has 1 N–H and O–H groups in total. The summed E-state index contributed by atoms with van der Waals surface area (Å²) >= 11 is 1.07. The monoisotopic (exact) mass is 624 g/mol. The average molecular weight is 625 g/mol. The lowest BCUT2D eigenvalue weighted by Gasteiger charge is -2.23. The molecular weight excluding hydrogens is 594 g/mol. The molecule has 0 fully saturated rings. The molecule has 0 bridgehead atoms. The summed E-state index contributed by atoms with van der Waals surface area (Å²) in [7, 11) is 5.04. The summed E-state index contributed by atoms with van der Waals surface area (Å²) in [4.78, 5) is 42.1. The van der Waals surface area contributed by atoms with E-state index in [0.717, 1.165) is 28.4 Å². The fourth-order valence-electron chi connectivity index (χ4n) is 4.25. The zero-order valence-corrected chi connectivity index (χ0v) is 25.3. The number of aromatic nitrogens is 2. The number of ether oxygens (including phenoxy) is 2. The summed E-state index contributed by atoms with van der Waals surface area (Å²) in [5, 5.41) is 13.6. The van der Waals surface area contributed by atoms with Gasteiger partial charge in [-0.15, -0.1) is 26.4 Å². The van der Waals surface area contributed by atoms with Crippen LogP contribution in [0.15, 0.2) is 59.8 Å². The highest BCUT2D eigenvalue weighted by atomic mass is 32.1. The van der Waals surface area contributed by atoms with E-state index >= 15 is 0 Å². The van der Waals surface area contributed by atoms with E-state index in [2.05, 4.69) is 20.7 Å². The van der Waals surface area contributed by atoms with Crippen LogP contribution in [0.2, 0.25) is 0 Å². The SMILES string of the molecule is CCCOC(=O)N(Cc1c(F)cccc1F)c1sc(-c2ccc(N=O)cc2)c(CN(C)C)c1C(=O)Nc1ccc(OC)nn1. The highest BCUT2D eigenvalue weighted by molar-refractivity contribution is 7.20. The Labute approximate surface area is 256 Å². The molecule has 0 saturated carbocycles. The zero-order valence-electron chi connectivity index (χ0n) is 24.5. The minimum Gasteiger partial charge on any atom is -0.480 e. The van der Waals surface area contributed by atoms with Crippen molar-refractivity contribution in [3.05, 3.63) is 87.8 Å². The molecule has 0 aliphatic heterocycles. The minimum absolute atomic E-state index is 0.0427. The Hall–Kier alpha value is -4.82. The number of rotatable bonds is 12. The molecule has 0 aliphatic carbocycles. The third-order valence-corrected chi connectivity index (χ3v) is 7.59. The molecule has 44 heavy (non-hydrogen) atoms. The van der Waals surface area contributed by atoms with Gasteiger partial charge in [-0.1, -0.05) is 25.1 Å². The van der Waals surface area contributed by atoms with Gasteiger partial charge in [0.05, 0.1) is 25.8 Å². The normalized spacial score (nSPS) is 10.9. The van der Waals surface area contributed by atoms with Crippen molar-refractivity contribution in [2.75, 3.05) is 38.0 Å². The molecule has 0 saturated heterocycles. The number of nitrogens with one attached hydrogen (secondary N) is 1. The van der Waals surface area contributed by atoms with E-state index in [0.29, 0.717) is 22.4 Å². The molecule has 11 nitrogen and oxygen atoms in total. The highest BCUT2D eigenvalue weighted by Crippen LogP contribution is 2.44. The van der Waals surface area contributed by atoms with Gasteiger partial charge in [-0.05, 0) is 67.2 Å². The number of benzene rings is 2. The fraction of sp³-hybridized carbons (Fsp3) is 0.267. The van der Waals surface area contributed by atoms with E-state index in [1.54, 1.807) is 33.2 Å². The van der Waals surface area contributed by atoms with Crippen LogP contribution in [0.4, 0.5) is 30.1 Å². The summed E-state index contributed by atoms with van der Waals surface area (Å²) in [5.74, 6) is -2.03. The molecule has 2 aromatic heterocycles. The fourth-order valence-corrected chi connectivity index (χ4v) is 5.56. The molecule has 4 aromatic rings. The second-order valence-electron chi connectivity index (χ2n) is 9.78. The Kier molecular flexibility index (Phi) is 10.6. The van der Waals surface area contributed by atoms with Crippen molar-refractivity contribution < 1.29 is 27.8 Å². The van der Waals surface area contributed by atoms with Gasteiger partial charge in [-0.3, -0.25) is 9.69 Å². The van der Waals surface area contributed by atoms with Gasteiger partial charge < -0.3 is 19.7 Å². The topological polar surface area (TPSA) is 126 Å². The Morgan fingerprint density at radius 1 is 0.977 bits per heavy atom. The van der Waals surface area contributed by atoms with Gasteiger partial charge >= 0.3 is 6.09 Å².